The number of nitrogens with two attached hydrogens (primary N) is 1. The molecule has 86 valence electrons. The van der Waals surface area contributed by atoms with Crippen LogP contribution in [-0.4, -0.2) is 24.5 Å². The molecule has 0 saturated heterocycles. The van der Waals surface area contributed by atoms with Crippen molar-refractivity contribution in [2.24, 2.45) is 11.7 Å². The van der Waals surface area contributed by atoms with Crippen molar-refractivity contribution in [2.75, 3.05) is 13.6 Å². The molecule has 0 fully saturated rings. The number of hydrogen-bond acceptors (Lipinski definition) is 3. The molecule has 0 amide bonds. The summed E-state index contributed by atoms with van der Waals surface area (Å²) in [6.45, 7) is 6.19. The SMILES string of the molecule is CC(CN)C(C)N(C)Cc1cc(Br)cs1. The summed E-state index contributed by atoms with van der Waals surface area (Å²) < 4.78 is 1.18. The fourth-order valence-electron chi connectivity index (χ4n) is 1.46. The molecule has 2 atom stereocenters. The van der Waals surface area contributed by atoms with E-state index >= 15 is 0 Å². The predicted octanol–water partition coefficient (Wildman–Crippen LogP) is 2.93. The zero-order valence-corrected chi connectivity index (χ0v) is 11.9. The van der Waals surface area contributed by atoms with Gasteiger partial charge in [0.2, 0.25) is 0 Å². The van der Waals surface area contributed by atoms with Crippen molar-refractivity contribution < 1.29 is 0 Å². The Kier molecular flexibility index (Phi) is 5.26. The van der Waals surface area contributed by atoms with Gasteiger partial charge in [0.05, 0.1) is 0 Å². The molecule has 0 bridgehead atoms. The van der Waals surface area contributed by atoms with Crippen LogP contribution in [0.25, 0.3) is 0 Å². The lowest BCUT2D eigenvalue weighted by Gasteiger charge is -2.28. The second-order valence-electron chi connectivity index (χ2n) is 4.10. The van der Waals surface area contributed by atoms with Gasteiger partial charge in [0.25, 0.3) is 0 Å². The Hall–Kier alpha value is 0.1000. The molecule has 0 radical (unpaired) electrons. The van der Waals surface area contributed by atoms with Gasteiger partial charge in [-0.15, -0.1) is 11.3 Å². The molecule has 15 heavy (non-hydrogen) atoms. The maximum Gasteiger partial charge on any atom is 0.0328 e. The van der Waals surface area contributed by atoms with Crippen LogP contribution in [-0.2, 0) is 6.54 Å². The molecule has 1 heterocycles. The van der Waals surface area contributed by atoms with Gasteiger partial charge in [-0.3, -0.25) is 4.90 Å². The van der Waals surface area contributed by atoms with E-state index in [1.807, 2.05) is 0 Å². The van der Waals surface area contributed by atoms with Crippen LogP contribution in [0.1, 0.15) is 18.7 Å². The van der Waals surface area contributed by atoms with Gasteiger partial charge in [-0.2, -0.15) is 0 Å². The Labute approximate surface area is 105 Å². The highest BCUT2D eigenvalue weighted by Gasteiger charge is 2.16. The molecule has 0 saturated carbocycles. The van der Waals surface area contributed by atoms with Crippen molar-refractivity contribution in [3.63, 3.8) is 0 Å². The van der Waals surface area contributed by atoms with E-state index in [4.69, 9.17) is 5.73 Å². The Bertz CT molecular complexity index is 301. The quantitative estimate of drug-likeness (QED) is 0.904. The summed E-state index contributed by atoms with van der Waals surface area (Å²) in [6, 6.07) is 2.71. The van der Waals surface area contributed by atoms with Crippen LogP contribution in [0.2, 0.25) is 0 Å². The van der Waals surface area contributed by atoms with Crippen molar-refractivity contribution in [3.8, 4) is 0 Å². The van der Waals surface area contributed by atoms with Crippen LogP contribution in [0.4, 0.5) is 0 Å². The van der Waals surface area contributed by atoms with Crippen LogP contribution < -0.4 is 5.73 Å². The van der Waals surface area contributed by atoms with Gasteiger partial charge in [0.15, 0.2) is 0 Å². The van der Waals surface area contributed by atoms with E-state index in [1.165, 1.54) is 9.35 Å². The molecule has 0 aromatic carbocycles. The largest absolute Gasteiger partial charge is 0.330 e. The molecule has 2 nitrogen and oxygen atoms in total. The molecule has 1 aromatic rings. The molecule has 0 aliphatic heterocycles. The lowest BCUT2D eigenvalue weighted by molar-refractivity contribution is 0.196. The minimum Gasteiger partial charge on any atom is -0.330 e. The van der Waals surface area contributed by atoms with Crippen molar-refractivity contribution in [3.05, 3.63) is 20.8 Å². The summed E-state index contributed by atoms with van der Waals surface area (Å²) in [5, 5.41) is 2.13. The molecular formula is C11H19BrN2S. The number of nitrogens with zero attached hydrogens (tertiary/aromatic N) is 1. The average Bonchev–Trinajstić information content (AvgIpc) is 2.61. The number of thiophene rings is 1. The van der Waals surface area contributed by atoms with E-state index in [2.05, 4.69) is 53.2 Å². The minimum atomic E-state index is 0.524. The van der Waals surface area contributed by atoms with E-state index in [-0.39, 0.29) is 0 Å². The highest BCUT2D eigenvalue weighted by Crippen LogP contribution is 2.22. The number of hydrogen-bond donors (Lipinski definition) is 1. The molecular weight excluding hydrogens is 272 g/mol. The lowest BCUT2D eigenvalue weighted by Crippen LogP contribution is -2.36. The highest BCUT2D eigenvalue weighted by molar-refractivity contribution is 9.10. The van der Waals surface area contributed by atoms with Crippen molar-refractivity contribution in [1.29, 1.82) is 0 Å². The maximum absolute atomic E-state index is 5.68. The fraction of sp³-hybridized carbons (Fsp3) is 0.636. The topological polar surface area (TPSA) is 29.3 Å². The maximum atomic E-state index is 5.68. The fourth-order valence-corrected chi connectivity index (χ4v) is 2.97. The van der Waals surface area contributed by atoms with Crippen LogP contribution >= 0.6 is 27.3 Å². The van der Waals surface area contributed by atoms with Crippen LogP contribution in [0.15, 0.2) is 15.9 Å². The van der Waals surface area contributed by atoms with Gasteiger partial charge in [-0.1, -0.05) is 6.92 Å². The summed E-state index contributed by atoms with van der Waals surface area (Å²) in [6.07, 6.45) is 0. The third-order valence-corrected chi connectivity index (χ3v) is 4.60. The van der Waals surface area contributed by atoms with E-state index in [9.17, 15) is 0 Å². The second kappa shape index (κ2) is 5.99. The first-order valence-corrected chi connectivity index (χ1v) is 6.85. The second-order valence-corrected chi connectivity index (χ2v) is 6.01. The summed E-state index contributed by atoms with van der Waals surface area (Å²) in [5.41, 5.74) is 5.68. The van der Waals surface area contributed by atoms with Crippen LogP contribution in [0.3, 0.4) is 0 Å². The molecule has 2 unspecified atom stereocenters. The highest BCUT2D eigenvalue weighted by atomic mass is 79.9. The molecule has 0 aliphatic rings. The third kappa shape index (κ3) is 3.87. The smallest absolute Gasteiger partial charge is 0.0328 e. The molecule has 0 aliphatic carbocycles. The Morgan fingerprint density at radius 3 is 2.67 bits per heavy atom. The molecule has 1 rings (SSSR count). The van der Waals surface area contributed by atoms with Crippen LogP contribution in [0.5, 0.6) is 0 Å². The lowest BCUT2D eigenvalue weighted by atomic mass is 10.0. The van der Waals surface area contributed by atoms with E-state index < -0.39 is 0 Å². The number of rotatable bonds is 5. The summed E-state index contributed by atoms with van der Waals surface area (Å²) in [5.74, 6) is 0.540. The van der Waals surface area contributed by atoms with Crippen molar-refractivity contribution in [1.82, 2.24) is 4.90 Å². The first-order chi connectivity index (χ1) is 7.04. The normalized spacial score (nSPS) is 15.6. The molecule has 1 aromatic heterocycles. The summed E-state index contributed by atoms with van der Waals surface area (Å²) >= 11 is 5.27. The summed E-state index contributed by atoms with van der Waals surface area (Å²) in [4.78, 5) is 3.75. The third-order valence-electron chi connectivity index (χ3n) is 2.92. The zero-order valence-electron chi connectivity index (χ0n) is 9.53. The Morgan fingerprint density at radius 2 is 2.20 bits per heavy atom. The van der Waals surface area contributed by atoms with Gasteiger partial charge in [-0.25, -0.2) is 0 Å². The number of halogens is 1. The first-order valence-electron chi connectivity index (χ1n) is 5.17. The first kappa shape index (κ1) is 13.2. The van der Waals surface area contributed by atoms with Crippen molar-refractivity contribution >= 4 is 27.3 Å². The van der Waals surface area contributed by atoms with E-state index in [0.717, 1.165) is 13.1 Å². The zero-order chi connectivity index (χ0) is 11.4. The molecule has 2 N–H and O–H groups in total. The van der Waals surface area contributed by atoms with Gasteiger partial charge in [-0.05, 0) is 48.4 Å². The predicted molar refractivity (Wildman–Crippen MR) is 71.2 cm³/mol. The Morgan fingerprint density at radius 1 is 1.53 bits per heavy atom. The van der Waals surface area contributed by atoms with E-state index in [1.54, 1.807) is 11.3 Å². The molecule has 0 spiro atoms. The van der Waals surface area contributed by atoms with Crippen LogP contribution in [0, 0.1) is 5.92 Å². The standard InChI is InChI=1S/C11H19BrN2S/c1-8(5-13)9(2)14(3)6-11-4-10(12)7-15-11/h4,7-9H,5-6,13H2,1-3H3. The molecule has 4 heteroatoms. The summed E-state index contributed by atoms with van der Waals surface area (Å²) in [7, 11) is 2.16. The van der Waals surface area contributed by atoms with Gasteiger partial charge in [0, 0.05) is 27.3 Å². The van der Waals surface area contributed by atoms with E-state index in [0.29, 0.717) is 12.0 Å². The van der Waals surface area contributed by atoms with Crippen molar-refractivity contribution in [2.45, 2.75) is 26.4 Å². The minimum absolute atomic E-state index is 0.524. The average molecular weight is 291 g/mol. The Balaban J connectivity index is 2.51. The monoisotopic (exact) mass is 290 g/mol. The van der Waals surface area contributed by atoms with Gasteiger partial charge >= 0.3 is 0 Å². The van der Waals surface area contributed by atoms with Gasteiger partial charge in [0.1, 0.15) is 0 Å². The van der Waals surface area contributed by atoms with Gasteiger partial charge < -0.3 is 5.73 Å².